The van der Waals surface area contributed by atoms with E-state index in [1.165, 1.54) is 12.1 Å². The zero-order valence-electron chi connectivity index (χ0n) is 12.4. The molecule has 2 amide bonds. The second-order valence-electron chi connectivity index (χ2n) is 5.14. The van der Waals surface area contributed by atoms with E-state index in [1.54, 1.807) is 12.1 Å². The Bertz CT molecular complexity index is 827. The van der Waals surface area contributed by atoms with Crippen molar-refractivity contribution >= 4 is 17.8 Å². The zero-order chi connectivity index (χ0) is 18.2. The van der Waals surface area contributed by atoms with Crippen LogP contribution in [0, 0.1) is 0 Å². The van der Waals surface area contributed by atoms with Crippen molar-refractivity contribution in [1.82, 2.24) is 10.0 Å². The van der Waals surface area contributed by atoms with Gasteiger partial charge in [-0.2, -0.15) is 13.2 Å². The number of halogens is 3. The van der Waals surface area contributed by atoms with Gasteiger partial charge in [0.25, 0.3) is 11.8 Å². The average molecular weight is 350 g/mol. The van der Waals surface area contributed by atoms with Crippen LogP contribution in [0.25, 0.3) is 0 Å². The van der Waals surface area contributed by atoms with Crippen LogP contribution in [0.3, 0.4) is 0 Å². The number of amides is 2. The molecule has 25 heavy (non-hydrogen) atoms. The standard InChI is InChI=1S/C16H9F3N2O4/c17-16(18,19)12-6-5-9(8-20-12)7-13(22)25-21-14(23)10-3-1-2-4-11(10)15(21)24/h1-6,8H,7H2. The minimum atomic E-state index is -4.58. The number of nitrogens with zero attached hydrogens (tertiary/aromatic N) is 2. The maximum absolute atomic E-state index is 12.4. The molecule has 2 heterocycles. The molecule has 0 unspecified atom stereocenters. The van der Waals surface area contributed by atoms with Crippen molar-refractivity contribution in [2.45, 2.75) is 12.6 Å². The Hall–Kier alpha value is -3.23. The first-order valence-electron chi connectivity index (χ1n) is 6.98. The summed E-state index contributed by atoms with van der Waals surface area (Å²) < 4.78 is 37.3. The molecule has 0 fully saturated rings. The summed E-state index contributed by atoms with van der Waals surface area (Å²) in [7, 11) is 0. The van der Waals surface area contributed by atoms with Gasteiger partial charge in [-0.1, -0.05) is 23.3 Å². The Morgan fingerprint density at radius 3 is 2.12 bits per heavy atom. The van der Waals surface area contributed by atoms with Crippen LogP contribution in [0.4, 0.5) is 13.2 Å². The molecular weight excluding hydrogens is 341 g/mol. The summed E-state index contributed by atoms with van der Waals surface area (Å²) in [5.74, 6) is -2.53. The Morgan fingerprint density at radius 1 is 1.04 bits per heavy atom. The quantitative estimate of drug-likeness (QED) is 0.795. The highest BCUT2D eigenvalue weighted by atomic mass is 19.4. The first kappa shape index (κ1) is 16.6. The van der Waals surface area contributed by atoms with Gasteiger partial charge in [0.2, 0.25) is 0 Å². The van der Waals surface area contributed by atoms with Crippen molar-refractivity contribution in [1.29, 1.82) is 0 Å². The van der Waals surface area contributed by atoms with Crippen LogP contribution in [0.5, 0.6) is 0 Å². The van der Waals surface area contributed by atoms with Gasteiger partial charge in [0.15, 0.2) is 0 Å². The number of benzene rings is 1. The Kier molecular flexibility index (Phi) is 3.99. The topological polar surface area (TPSA) is 76.6 Å². The van der Waals surface area contributed by atoms with Gasteiger partial charge in [-0.3, -0.25) is 14.6 Å². The fourth-order valence-corrected chi connectivity index (χ4v) is 2.25. The number of hydrogen-bond donors (Lipinski definition) is 0. The summed E-state index contributed by atoms with van der Waals surface area (Å²) >= 11 is 0. The van der Waals surface area contributed by atoms with Crippen LogP contribution in [0.15, 0.2) is 42.6 Å². The summed E-state index contributed by atoms with van der Waals surface area (Å²) in [6.07, 6.45) is -4.15. The lowest BCUT2D eigenvalue weighted by Crippen LogP contribution is -2.33. The van der Waals surface area contributed by atoms with Crippen LogP contribution < -0.4 is 0 Å². The normalized spacial score (nSPS) is 13.8. The molecule has 0 saturated heterocycles. The predicted molar refractivity (Wildman–Crippen MR) is 76.0 cm³/mol. The number of alkyl halides is 3. The maximum atomic E-state index is 12.4. The molecule has 9 heteroatoms. The van der Waals surface area contributed by atoms with Crippen molar-refractivity contribution in [2.75, 3.05) is 0 Å². The minimum Gasteiger partial charge on any atom is -0.329 e. The van der Waals surface area contributed by atoms with Gasteiger partial charge in [-0.05, 0) is 23.8 Å². The molecule has 2 aromatic rings. The van der Waals surface area contributed by atoms with E-state index in [0.29, 0.717) is 5.06 Å². The Balaban J connectivity index is 1.68. The fraction of sp³-hybridized carbons (Fsp3) is 0.125. The fourth-order valence-electron chi connectivity index (χ4n) is 2.25. The summed E-state index contributed by atoms with van der Waals surface area (Å²) in [5, 5.41) is 0.338. The first-order valence-corrected chi connectivity index (χ1v) is 6.98. The summed E-state index contributed by atoms with van der Waals surface area (Å²) in [6, 6.07) is 7.75. The highest BCUT2D eigenvalue weighted by Gasteiger charge is 2.38. The van der Waals surface area contributed by atoms with Crippen LogP contribution in [0.1, 0.15) is 32.0 Å². The van der Waals surface area contributed by atoms with E-state index in [-0.39, 0.29) is 16.7 Å². The Labute approximate surface area is 138 Å². The molecule has 0 saturated carbocycles. The molecule has 0 N–H and O–H groups in total. The molecule has 3 rings (SSSR count). The van der Waals surface area contributed by atoms with E-state index in [9.17, 15) is 27.6 Å². The summed E-state index contributed by atoms with van der Waals surface area (Å²) in [6.45, 7) is 0. The molecule has 0 aliphatic carbocycles. The maximum Gasteiger partial charge on any atom is 0.433 e. The molecule has 128 valence electrons. The minimum absolute atomic E-state index is 0.108. The highest BCUT2D eigenvalue weighted by Crippen LogP contribution is 2.27. The first-order chi connectivity index (χ1) is 11.8. The lowest BCUT2D eigenvalue weighted by atomic mass is 10.1. The predicted octanol–water partition coefficient (Wildman–Crippen LogP) is 2.40. The number of pyridine rings is 1. The van der Waals surface area contributed by atoms with Gasteiger partial charge in [0.1, 0.15) is 5.69 Å². The number of hydrogen-bond acceptors (Lipinski definition) is 5. The van der Waals surface area contributed by atoms with E-state index in [0.717, 1.165) is 18.3 Å². The largest absolute Gasteiger partial charge is 0.433 e. The lowest BCUT2D eigenvalue weighted by molar-refractivity contribution is -0.167. The molecule has 1 aromatic heterocycles. The second kappa shape index (κ2) is 6.00. The van der Waals surface area contributed by atoms with Gasteiger partial charge in [0.05, 0.1) is 17.5 Å². The molecule has 0 spiro atoms. The third-order valence-electron chi connectivity index (χ3n) is 3.41. The number of carbonyl (C=O) groups excluding carboxylic acids is 3. The number of rotatable bonds is 3. The second-order valence-corrected chi connectivity index (χ2v) is 5.14. The zero-order valence-corrected chi connectivity index (χ0v) is 12.4. The highest BCUT2D eigenvalue weighted by molar-refractivity contribution is 6.20. The van der Waals surface area contributed by atoms with Gasteiger partial charge in [0, 0.05) is 6.20 Å². The third kappa shape index (κ3) is 3.21. The van der Waals surface area contributed by atoms with E-state index in [4.69, 9.17) is 4.84 Å². The smallest absolute Gasteiger partial charge is 0.329 e. The molecule has 0 bridgehead atoms. The van der Waals surface area contributed by atoms with Crippen molar-refractivity contribution in [2.24, 2.45) is 0 Å². The monoisotopic (exact) mass is 350 g/mol. The molecule has 1 aliphatic rings. The van der Waals surface area contributed by atoms with E-state index in [2.05, 4.69) is 4.98 Å². The summed E-state index contributed by atoms with van der Waals surface area (Å²) in [5.41, 5.74) is -0.729. The van der Waals surface area contributed by atoms with E-state index < -0.39 is 36.1 Å². The van der Waals surface area contributed by atoms with Crippen molar-refractivity contribution < 1.29 is 32.4 Å². The van der Waals surface area contributed by atoms with Gasteiger partial charge in [-0.15, -0.1) is 0 Å². The number of imide groups is 1. The number of hydroxylamine groups is 2. The number of carbonyl (C=O) groups is 3. The molecular formula is C16H9F3N2O4. The molecule has 0 atom stereocenters. The van der Waals surface area contributed by atoms with Crippen LogP contribution >= 0.6 is 0 Å². The summed E-state index contributed by atoms with van der Waals surface area (Å²) in [4.78, 5) is 43.9. The molecule has 1 aromatic carbocycles. The lowest BCUT2D eigenvalue weighted by Gasteiger charge is -2.12. The van der Waals surface area contributed by atoms with Gasteiger partial charge in [-0.25, -0.2) is 4.79 Å². The SMILES string of the molecule is O=C(Cc1ccc(C(F)(F)F)nc1)ON1C(=O)c2ccccc2C1=O. The van der Waals surface area contributed by atoms with Crippen molar-refractivity contribution in [3.8, 4) is 0 Å². The van der Waals surface area contributed by atoms with Crippen LogP contribution in [-0.2, 0) is 22.2 Å². The van der Waals surface area contributed by atoms with Crippen LogP contribution in [-0.4, -0.2) is 27.8 Å². The van der Waals surface area contributed by atoms with E-state index in [1.807, 2.05) is 0 Å². The third-order valence-corrected chi connectivity index (χ3v) is 3.41. The average Bonchev–Trinajstić information content (AvgIpc) is 2.80. The molecule has 6 nitrogen and oxygen atoms in total. The number of fused-ring (bicyclic) bond motifs is 1. The van der Waals surface area contributed by atoms with Gasteiger partial charge < -0.3 is 4.84 Å². The van der Waals surface area contributed by atoms with Gasteiger partial charge >= 0.3 is 12.1 Å². The van der Waals surface area contributed by atoms with Crippen molar-refractivity contribution in [3.63, 3.8) is 0 Å². The molecule has 0 radical (unpaired) electrons. The van der Waals surface area contributed by atoms with Crippen LogP contribution in [0.2, 0.25) is 0 Å². The van der Waals surface area contributed by atoms with E-state index >= 15 is 0 Å². The molecule has 1 aliphatic heterocycles. The Morgan fingerprint density at radius 2 is 1.64 bits per heavy atom. The number of aromatic nitrogens is 1. The van der Waals surface area contributed by atoms with Crippen molar-refractivity contribution in [3.05, 3.63) is 65.0 Å².